The molecule has 0 aromatic carbocycles. The van der Waals surface area contributed by atoms with Crippen LogP contribution in [0.15, 0.2) is 16.9 Å². The number of alkyl halides is 1. The summed E-state index contributed by atoms with van der Waals surface area (Å²) in [5, 5.41) is 0.872. The molecule has 1 aromatic heterocycles. The average Bonchev–Trinajstić information content (AvgIpc) is 2.47. The number of hydrogen-bond acceptors (Lipinski definition) is 2. The predicted octanol–water partition coefficient (Wildman–Crippen LogP) is 3.57. The molecule has 110 valence electrons. The first-order valence-corrected chi connectivity index (χ1v) is 8.51. The van der Waals surface area contributed by atoms with E-state index in [-0.39, 0.29) is 16.8 Å². The Morgan fingerprint density at radius 1 is 1.20 bits per heavy atom. The molecule has 0 fully saturated rings. The van der Waals surface area contributed by atoms with Gasteiger partial charge in [0.15, 0.2) is 5.78 Å². The quantitative estimate of drug-likeness (QED) is 0.769. The van der Waals surface area contributed by atoms with Gasteiger partial charge >= 0.3 is 0 Å². The number of nitrogens with zero attached hydrogens (tertiary/aromatic N) is 1. The van der Waals surface area contributed by atoms with Crippen molar-refractivity contribution in [3.05, 3.63) is 33.7 Å². The van der Waals surface area contributed by atoms with Crippen molar-refractivity contribution >= 4 is 21.7 Å². The van der Waals surface area contributed by atoms with Gasteiger partial charge in [0.2, 0.25) is 0 Å². The monoisotopic (exact) mass is 339 g/mol. The van der Waals surface area contributed by atoms with Crippen LogP contribution in [-0.4, -0.2) is 15.7 Å². The van der Waals surface area contributed by atoms with Gasteiger partial charge in [-0.25, -0.2) is 0 Å². The van der Waals surface area contributed by atoms with Crippen LogP contribution < -0.4 is 5.56 Å². The van der Waals surface area contributed by atoms with Gasteiger partial charge in [0.1, 0.15) is 0 Å². The Morgan fingerprint density at radius 2 is 1.90 bits per heavy atom. The lowest BCUT2D eigenvalue weighted by atomic mass is 9.84. The summed E-state index contributed by atoms with van der Waals surface area (Å²) >= 11 is 3.60. The molecule has 0 aliphatic heterocycles. The van der Waals surface area contributed by atoms with E-state index >= 15 is 0 Å². The van der Waals surface area contributed by atoms with Crippen molar-refractivity contribution in [2.24, 2.45) is 5.41 Å². The van der Waals surface area contributed by atoms with Crippen molar-refractivity contribution in [1.29, 1.82) is 0 Å². The highest BCUT2D eigenvalue weighted by Gasteiger charge is 2.28. The fraction of sp³-hybridized carbons (Fsp3) is 0.625. The maximum absolute atomic E-state index is 12.3. The Hall–Kier alpha value is -0.900. The van der Waals surface area contributed by atoms with E-state index in [0.29, 0.717) is 13.0 Å². The van der Waals surface area contributed by atoms with Gasteiger partial charge < -0.3 is 4.57 Å². The lowest BCUT2D eigenvalue weighted by Gasteiger charge is -2.32. The SMILES string of the molecule is CCC(CC)(CBr)Cn1c2c(ccc1=O)C(=O)CCC2. The van der Waals surface area contributed by atoms with Crippen LogP contribution in [0.3, 0.4) is 0 Å². The number of carbonyl (C=O) groups is 1. The number of pyridine rings is 1. The molecule has 0 radical (unpaired) electrons. The molecule has 0 atom stereocenters. The zero-order valence-electron chi connectivity index (χ0n) is 12.2. The first kappa shape index (κ1) is 15.5. The molecule has 20 heavy (non-hydrogen) atoms. The summed E-state index contributed by atoms with van der Waals surface area (Å²) < 4.78 is 1.85. The summed E-state index contributed by atoms with van der Waals surface area (Å²) in [6, 6.07) is 3.26. The van der Waals surface area contributed by atoms with Crippen LogP contribution in [0.5, 0.6) is 0 Å². The van der Waals surface area contributed by atoms with Crippen LogP contribution >= 0.6 is 15.9 Å². The van der Waals surface area contributed by atoms with Crippen LogP contribution in [0.25, 0.3) is 0 Å². The minimum Gasteiger partial charge on any atom is -0.311 e. The smallest absolute Gasteiger partial charge is 0.250 e. The van der Waals surface area contributed by atoms with Crippen LogP contribution in [0.2, 0.25) is 0 Å². The van der Waals surface area contributed by atoms with Crippen molar-refractivity contribution in [3.8, 4) is 0 Å². The van der Waals surface area contributed by atoms with Gasteiger partial charge in [0, 0.05) is 35.6 Å². The third-order valence-electron chi connectivity index (χ3n) is 4.69. The molecule has 0 saturated carbocycles. The zero-order valence-corrected chi connectivity index (χ0v) is 13.8. The maximum Gasteiger partial charge on any atom is 0.250 e. The second kappa shape index (κ2) is 6.25. The van der Waals surface area contributed by atoms with Crippen LogP contribution in [0.4, 0.5) is 0 Å². The number of aromatic nitrogens is 1. The second-order valence-electron chi connectivity index (χ2n) is 5.74. The first-order chi connectivity index (χ1) is 9.56. The molecule has 1 heterocycles. The number of Topliss-reactive ketones (excluding diaryl/α,β-unsaturated/α-hetero) is 1. The van der Waals surface area contributed by atoms with Crippen molar-refractivity contribution < 1.29 is 4.79 Å². The Labute approximate surface area is 128 Å². The summed E-state index contributed by atoms with van der Waals surface area (Å²) in [5.41, 5.74) is 1.80. The summed E-state index contributed by atoms with van der Waals surface area (Å²) in [7, 11) is 0. The minimum absolute atomic E-state index is 0.0191. The Kier molecular flexibility index (Phi) is 4.84. The third-order valence-corrected chi connectivity index (χ3v) is 5.88. The van der Waals surface area contributed by atoms with E-state index in [1.807, 2.05) is 4.57 Å². The van der Waals surface area contributed by atoms with E-state index in [0.717, 1.165) is 42.3 Å². The van der Waals surface area contributed by atoms with E-state index in [4.69, 9.17) is 0 Å². The van der Waals surface area contributed by atoms with Gasteiger partial charge in [-0.15, -0.1) is 0 Å². The molecule has 2 rings (SSSR count). The van der Waals surface area contributed by atoms with Crippen molar-refractivity contribution in [1.82, 2.24) is 4.57 Å². The van der Waals surface area contributed by atoms with Crippen LogP contribution in [0.1, 0.15) is 55.6 Å². The van der Waals surface area contributed by atoms with Crippen molar-refractivity contribution in [3.63, 3.8) is 0 Å². The Morgan fingerprint density at radius 3 is 2.50 bits per heavy atom. The van der Waals surface area contributed by atoms with Gasteiger partial charge in [-0.2, -0.15) is 0 Å². The summed E-state index contributed by atoms with van der Waals surface area (Å²) in [4.78, 5) is 24.3. The van der Waals surface area contributed by atoms with Crippen molar-refractivity contribution in [2.45, 2.75) is 52.5 Å². The minimum atomic E-state index is 0.0191. The van der Waals surface area contributed by atoms with E-state index in [9.17, 15) is 9.59 Å². The predicted molar refractivity (Wildman–Crippen MR) is 84.8 cm³/mol. The first-order valence-electron chi connectivity index (χ1n) is 7.39. The number of hydrogen-bond donors (Lipinski definition) is 0. The number of carbonyl (C=O) groups excluding carboxylic acids is 1. The van der Waals surface area contributed by atoms with Gasteiger partial charge in [0.25, 0.3) is 5.56 Å². The summed E-state index contributed by atoms with van der Waals surface area (Å²) in [5.74, 6) is 0.178. The number of ketones is 1. The highest BCUT2D eigenvalue weighted by Crippen LogP contribution is 2.32. The molecule has 1 aliphatic carbocycles. The molecule has 0 saturated heterocycles. The highest BCUT2D eigenvalue weighted by molar-refractivity contribution is 9.09. The summed E-state index contributed by atoms with van der Waals surface area (Å²) in [6.45, 7) is 5.02. The lowest BCUT2D eigenvalue weighted by molar-refractivity contribution is 0.0969. The van der Waals surface area contributed by atoms with Gasteiger partial charge in [0.05, 0.1) is 0 Å². The second-order valence-corrected chi connectivity index (χ2v) is 6.30. The molecule has 1 aliphatic rings. The fourth-order valence-electron chi connectivity index (χ4n) is 2.91. The molecule has 0 bridgehead atoms. The standard InChI is InChI=1S/C16H22BrNO2/c1-3-16(4-2,10-17)11-18-13-6-5-7-14(19)12(13)8-9-15(18)20/h8-9H,3-7,10-11H2,1-2H3. The average molecular weight is 340 g/mol. The normalized spacial score (nSPS) is 15.2. The zero-order chi connectivity index (χ0) is 14.8. The van der Waals surface area contributed by atoms with E-state index in [2.05, 4.69) is 29.8 Å². The number of halogens is 1. The molecule has 0 unspecified atom stereocenters. The van der Waals surface area contributed by atoms with Gasteiger partial charge in [-0.05, 0) is 37.2 Å². The largest absolute Gasteiger partial charge is 0.311 e. The van der Waals surface area contributed by atoms with E-state index in [1.165, 1.54) is 0 Å². The Bertz CT molecular complexity index is 550. The lowest BCUT2D eigenvalue weighted by Crippen LogP contribution is -2.36. The topological polar surface area (TPSA) is 39.1 Å². The molecular formula is C16H22BrNO2. The van der Waals surface area contributed by atoms with Gasteiger partial charge in [-0.1, -0.05) is 29.8 Å². The molecule has 1 aromatic rings. The molecule has 0 amide bonds. The molecular weight excluding hydrogens is 318 g/mol. The fourth-order valence-corrected chi connectivity index (χ4v) is 3.88. The van der Waals surface area contributed by atoms with Crippen LogP contribution in [-0.2, 0) is 13.0 Å². The van der Waals surface area contributed by atoms with Crippen molar-refractivity contribution in [2.75, 3.05) is 5.33 Å². The molecule has 3 nitrogen and oxygen atoms in total. The highest BCUT2D eigenvalue weighted by atomic mass is 79.9. The Balaban J connectivity index is 2.49. The summed E-state index contributed by atoms with van der Waals surface area (Å²) in [6.07, 6.45) is 4.33. The molecule has 0 N–H and O–H groups in total. The van der Waals surface area contributed by atoms with E-state index < -0.39 is 0 Å². The number of rotatable bonds is 5. The molecule has 0 spiro atoms. The van der Waals surface area contributed by atoms with Gasteiger partial charge in [-0.3, -0.25) is 9.59 Å². The number of fused-ring (bicyclic) bond motifs is 1. The molecule has 4 heteroatoms. The maximum atomic E-state index is 12.3. The van der Waals surface area contributed by atoms with E-state index in [1.54, 1.807) is 12.1 Å². The third kappa shape index (κ3) is 2.76. The van der Waals surface area contributed by atoms with Crippen LogP contribution in [0, 0.1) is 5.41 Å².